The second-order valence-electron chi connectivity index (χ2n) is 4.19. The molecule has 0 saturated carbocycles. The van der Waals surface area contributed by atoms with Gasteiger partial charge >= 0.3 is 5.97 Å². The van der Waals surface area contributed by atoms with E-state index in [-0.39, 0.29) is 5.69 Å². The zero-order chi connectivity index (χ0) is 12.6. The highest BCUT2D eigenvalue weighted by Crippen LogP contribution is 2.33. The molecule has 1 fully saturated rings. The number of rotatable bonds is 3. The summed E-state index contributed by atoms with van der Waals surface area (Å²) in [4.78, 5) is 22.8. The highest BCUT2D eigenvalue weighted by atomic mass is 16.6. The minimum absolute atomic E-state index is 0.0273. The van der Waals surface area contributed by atoms with E-state index in [1.54, 1.807) is 17.0 Å². The molecule has 1 N–H and O–H groups in total. The summed E-state index contributed by atoms with van der Waals surface area (Å²) < 4.78 is 0. The van der Waals surface area contributed by atoms with Crippen LogP contribution in [0, 0.1) is 23.0 Å². The van der Waals surface area contributed by atoms with Crippen LogP contribution in [0.15, 0.2) is 18.2 Å². The smallest absolute Gasteiger partial charge is 0.310 e. The van der Waals surface area contributed by atoms with Gasteiger partial charge in [-0.1, -0.05) is 6.07 Å². The van der Waals surface area contributed by atoms with Gasteiger partial charge in [0.1, 0.15) is 5.69 Å². The van der Waals surface area contributed by atoms with Gasteiger partial charge in [0.15, 0.2) is 0 Å². The Labute approximate surface area is 97.6 Å². The standard InChI is InChI=1S/C11H12N2O4/c1-7-2-3-9(13(16)17)10(4-7)12-5-8(6-12)11(14)15/h2-4,8H,5-6H2,1H3,(H,14,15). The van der Waals surface area contributed by atoms with Gasteiger partial charge in [0, 0.05) is 19.2 Å². The topological polar surface area (TPSA) is 83.7 Å². The quantitative estimate of drug-likeness (QED) is 0.633. The van der Waals surface area contributed by atoms with Crippen molar-refractivity contribution in [2.24, 2.45) is 5.92 Å². The third kappa shape index (κ3) is 2.06. The maximum Gasteiger partial charge on any atom is 0.310 e. The monoisotopic (exact) mass is 236 g/mol. The fourth-order valence-corrected chi connectivity index (χ4v) is 1.87. The largest absolute Gasteiger partial charge is 0.481 e. The molecule has 1 heterocycles. The molecular formula is C11H12N2O4. The van der Waals surface area contributed by atoms with Crippen LogP contribution in [0.5, 0.6) is 0 Å². The molecule has 1 aromatic rings. The highest BCUT2D eigenvalue weighted by Gasteiger charge is 2.35. The average Bonchev–Trinajstić information content (AvgIpc) is 2.14. The number of nitro benzene ring substituents is 1. The van der Waals surface area contributed by atoms with E-state index in [1.807, 2.05) is 6.92 Å². The maximum atomic E-state index is 10.9. The Balaban J connectivity index is 2.24. The van der Waals surface area contributed by atoms with Crippen molar-refractivity contribution < 1.29 is 14.8 Å². The van der Waals surface area contributed by atoms with E-state index < -0.39 is 16.8 Å². The van der Waals surface area contributed by atoms with Crippen LogP contribution in [0.25, 0.3) is 0 Å². The van der Waals surface area contributed by atoms with Crippen molar-refractivity contribution in [3.8, 4) is 0 Å². The first kappa shape index (κ1) is 11.4. The number of nitrogens with zero attached hydrogens (tertiary/aromatic N) is 2. The number of aryl methyl sites for hydroxylation is 1. The highest BCUT2D eigenvalue weighted by molar-refractivity contribution is 5.76. The number of carbonyl (C=O) groups is 1. The molecule has 0 spiro atoms. The first-order valence-corrected chi connectivity index (χ1v) is 5.22. The molecule has 90 valence electrons. The van der Waals surface area contributed by atoms with Crippen LogP contribution in [0.1, 0.15) is 5.56 Å². The van der Waals surface area contributed by atoms with Crippen molar-refractivity contribution in [2.75, 3.05) is 18.0 Å². The van der Waals surface area contributed by atoms with Crippen LogP contribution < -0.4 is 4.90 Å². The van der Waals surface area contributed by atoms with Crippen molar-refractivity contribution in [2.45, 2.75) is 6.92 Å². The van der Waals surface area contributed by atoms with Gasteiger partial charge in [-0.2, -0.15) is 0 Å². The summed E-state index contributed by atoms with van der Waals surface area (Å²) >= 11 is 0. The normalized spacial score (nSPS) is 15.5. The fourth-order valence-electron chi connectivity index (χ4n) is 1.87. The van der Waals surface area contributed by atoms with Crippen LogP contribution in [0.4, 0.5) is 11.4 Å². The van der Waals surface area contributed by atoms with Crippen molar-refractivity contribution in [3.05, 3.63) is 33.9 Å². The van der Waals surface area contributed by atoms with Gasteiger partial charge in [0.05, 0.1) is 10.8 Å². The third-order valence-electron chi connectivity index (χ3n) is 2.90. The Bertz CT molecular complexity index is 480. The lowest BCUT2D eigenvalue weighted by Crippen LogP contribution is -2.50. The Morgan fingerprint density at radius 1 is 1.53 bits per heavy atom. The van der Waals surface area contributed by atoms with E-state index in [2.05, 4.69) is 0 Å². The molecule has 0 unspecified atom stereocenters. The van der Waals surface area contributed by atoms with Crippen LogP contribution in [-0.2, 0) is 4.79 Å². The molecule has 6 heteroatoms. The number of hydrogen-bond acceptors (Lipinski definition) is 4. The zero-order valence-corrected chi connectivity index (χ0v) is 9.29. The van der Waals surface area contributed by atoms with E-state index in [0.717, 1.165) is 5.56 Å². The average molecular weight is 236 g/mol. The first-order valence-electron chi connectivity index (χ1n) is 5.22. The van der Waals surface area contributed by atoms with Gasteiger partial charge in [0.2, 0.25) is 0 Å². The Kier molecular flexibility index (Phi) is 2.71. The fraction of sp³-hybridized carbons (Fsp3) is 0.364. The van der Waals surface area contributed by atoms with Gasteiger partial charge in [-0.25, -0.2) is 0 Å². The van der Waals surface area contributed by atoms with E-state index in [9.17, 15) is 14.9 Å². The lowest BCUT2D eigenvalue weighted by atomic mass is 9.98. The van der Waals surface area contributed by atoms with Gasteiger partial charge in [-0.15, -0.1) is 0 Å². The van der Waals surface area contributed by atoms with Crippen LogP contribution in [0.2, 0.25) is 0 Å². The lowest BCUT2D eigenvalue weighted by molar-refractivity contribution is -0.384. The molecule has 0 bridgehead atoms. The molecule has 2 rings (SSSR count). The number of carboxylic acid groups (broad SMARTS) is 1. The number of nitro groups is 1. The SMILES string of the molecule is Cc1ccc([N+](=O)[O-])c(N2CC(C(=O)O)C2)c1. The minimum atomic E-state index is -0.850. The Morgan fingerprint density at radius 2 is 2.18 bits per heavy atom. The molecule has 0 atom stereocenters. The Hall–Kier alpha value is -2.11. The van der Waals surface area contributed by atoms with Crippen LogP contribution in [-0.4, -0.2) is 29.1 Å². The Morgan fingerprint density at radius 3 is 2.71 bits per heavy atom. The molecule has 1 saturated heterocycles. The predicted octanol–water partition coefficient (Wildman–Crippen LogP) is 1.42. The zero-order valence-electron chi connectivity index (χ0n) is 9.29. The van der Waals surface area contributed by atoms with Crippen LogP contribution >= 0.6 is 0 Å². The molecule has 17 heavy (non-hydrogen) atoms. The molecule has 1 aromatic carbocycles. The van der Waals surface area contributed by atoms with E-state index in [0.29, 0.717) is 18.8 Å². The summed E-state index contributed by atoms with van der Waals surface area (Å²) in [5.74, 6) is -1.27. The third-order valence-corrected chi connectivity index (χ3v) is 2.90. The van der Waals surface area contributed by atoms with Crippen molar-refractivity contribution in [1.82, 2.24) is 0 Å². The number of hydrogen-bond donors (Lipinski definition) is 1. The summed E-state index contributed by atoms with van der Waals surface area (Å²) in [6.07, 6.45) is 0. The van der Waals surface area contributed by atoms with Crippen molar-refractivity contribution >= 4 is 17.3 Å². The van der Waals surface area contributed by atoms with Gasteiger partial charge in [0.25, 0.3) is 5.69 Å². The summed E-state index contributed by atoms with van der Waals surface area (Å²) in [6, 6.07) is 4.85. The molecular weight excluding hydrogens is 224 g/mol. The van der Waals surface area contributed by atoms with E-state index in [1.165, 1.54) is 6.07 Å². The molecule has 0 amide bonds. The minimum Gasteiger partial charge on any atom is -0.481 e. The molecule has 0 radical (unpaired) electrons. The van der Waals surface area contributed by atoms with E-state index in [4.69, 9.17) is 5.11 Å². The van der Waals surface area contributed by atoms with Gasteiger partial charge < -0.3 is 10.0 Å². The summed E-state index contributed by atoms with van der Waals surface area (Å²) in [6.45, 7) is 2.51. The van der Waals surface area contributed by atoms with E-state index >= 15 is 0 Å². The maximum absolute atomic E-state index is 10.9. The molecule has 1 aliphatic heterocycles. The first-order chi connectivity index (χ1) is 7.99. The number of benzene rings is 1. The molecule has 0 aliphatic carbocycles. The lowest BCUT2D eigenvalue weighted by Gasteiger charge is -2.38. The van der Waals surface area contributed by atoms with Gasteiger partial charge in [-0.05, 0) is 18.6 Å². The van der Waals surface area contributed by atoms with Crippen molar-refractivity contribution in [1.29, 1.82) is 0 Å². The summed E-state index contributed by atoms with van der Waals surface area (Å²) in [7, 11) is 0. The molecule has 0 aromatic heterocycles. The van der Waals surface area contributed by atoms with Gasteiger partial charge in [-0.3, -0.25) is 14.9 Å². The molecule has 6 nitrogen and oxygen atoms in total. The number of aliphatic carboxylic acids is 1. The van der Waals surface area contributed by atoms with Crippen molar-refractivity contribution in [3.63, 3.8) is 0 Å². The number of carboxylic acids is 1. The molecule has 1 aliphatic rings. The number of anilines is 1. The second kappa shape index (κ2) is 4.04. The summed E-state index contributed by atoms with van der Waals surface area (Å²) in [5, 5.41) is 19.6. The predicted molar refractivity (Wildman–Crippen MR) is 61.2 cm³/mol. The summed E-state index contributed by atoms with van der Waals surface area (Å²) in [5.41, 5.74) is 1.45. The second-order valence-corrected chi connectivity index (χ2v) is 4.19. The van der Waals surface area contributed by atoms with Crippen LogP contribution in [0.3, 0.4) is 0 Å².